The van der Waals surface area contributed by atoms with Crippen LogP contribution in [-0.2, 0) is 13.1 Å². The first-order valence-electron chi connectivity index (χ1n) is 6.86. The van der Waals surface area contributed by atoms with Gasteiger partial charge < -0.3 is 0 Å². The first kappa shape index (κ1) is 15.6. The van der Waals surface area contributed by atoms with Gasteiger partial charge in [0.05, 0.1) is 12.4 Å². The molecule has 0 bridgehead atoms. The molecule has 2 heterocycles. The van der Waals surface area contributed by atoms with Crippen LogP contribution in [0.4, 0.5) is 13.2 Å². The molecule has 116 valence electrons. The molecule has 0 fully saturated rings. The van der Waals surface area contributed by atoms with E-state index in [0.29, 0.717) is 12.5 Å². The maximum absolute atomic E-state index is 12.3. The van der Waals surface area contributed by atoms with Gasteiger partial charge in [-0.2, -0.15) is 23.4 Å². The molecule has 0 saturated carbocycles. The van der Waals surface area contributed by atoms with Crippen molar-refractivity contribution in [3.05, 3.63) is 35.9 Å². The summed E-state index contributed by atoms with van der Waals surface area (Å²) in [6.45, 7) is 5.69. The topological polar surface area (TPSA) is 35.6 Å². The van der Waals surface area contributed by atoms with Crippen molar-refractivity contribution >= 4 is 0 Å². The van der Waals surface area contributed by atoms with Crippen molar-refractivity contribution in [3.63, 3.8) is 0 Å². The summed E-state index contributed by atoms with van der Waals surface area (Å²) in [5, 5.41) is 8.04. The van der Waals surface area contributed by atoms with Gasteiger partial charge in [-0.25, -0.2) is 0 Å². The number of halogens is 3. The van der Waals surface area contributed by atoms with Crippen molar-refractivity contribution in [3.8, 4) is 0 Å². The van der Waals surface area contributed by atoms with Crippen LogP contribution in [0.1, 0.15) is 43.7 Å². The minimum Gasteiger partial charge on any atom is -0.272 e. The Morgan fingerprint density at radius 2 is 1.57 bits per heavy atom. The normalized spacial score (nSPS) is 13.9. The lowest BCUT2D eigenvalue weighted by Crippen LogP contribution is -2.17. The van der Waals surface area contributed by atoms with Crippen LogP contribution >= 0.6 is 0 Å². The van der Waals surface area contributed by atoms with Crippen molar-refractivity contribution < 1.29 is 13.2 Å². The second-order valence-corrected chi connectivity index (χ2v) is 5.64. The van der Waals surface area contributed by atoms with Crippen molar-refractivity contribution in [1.29, 1.82) is 0 Å². The fourth-order valence-corrected chi connectivity index (χ4v) is 2.07. The summed E-state index contributed by atoms with van der Waals surface area (Å²) in [4.78, 5) is 0. The molecule has 0 spiro atoms. The number of nitrogens with zero attached hydrogens (tertiary/aromatic N) is 4. The molecule has 2 rings (SSSR count). The molecule has 0 N–H and O–H groups in total. The highest BCUT2D eigenvalue weighted by molar-refractivity contribution is 5.12. The average Bonchev–Trinajstić information content (AvgIpc) is 2.96. The minimum absolute atomic E-state index is 0.0481. The summed E-state index contributed by atoms with van der Waals surface area (Å²) in [5.74, 6) is 0.454. The van der Waals surface area contributed by atoms with Crippen LogP contribution in [-0.4, -0.2) is 25.7 Å². The highest BCUT2D eigenvalue weighted by atomic mass is 19.4. The molecule has 0 aliphatic carbocycles. The van der Waals surface area contributed by atoms with Gasteiger partial charge in [-0.1, -0.05) is 20.8 Å². The molecule has 0 radical (unpaired) electrons. The van der Waals surface area contributed by atoms with Gasteiger partial charge in [-0.3, -0.25) is 9.36 Å². The summed E-state index contributed by atoms with van der Waals surface area (Å²) in [6, 6.07) is 0. The Balaban J connectivity index is 2.01. The van der Waals surface area contributed by atoms with Crippen LogP contribution < -0.4 is 0 Å². The zero-order valence-electron chi connectivity index (χ0n) is 12.3. The second-order valence-electron chi connectivity index (χ2n) is 5.64. The van der Waals surface area contributed by atoms with Crippen molar-refractivity contribution in [2.75, 3.05) is 0 Å². The molecule has 7 heteroatoms. The lowest BCUT2D eigenvalue weighted by atomic mass is 10.1. The van der Waals surface area contributed by atoms with Crippen LogP contribution in [0, 0.1) is 0 Å². The van der Waals surface area contributed by atoms with Crippen LogP contribution in [0.5, 0.6) is 0 Å². The Kier molecular flexibility index (Phi) is 4.39. The van der Waals surface area contributed by atoms with E-state index in [1.165, 1.54) is 12.4 Å². The largest absolute Gasteiger partial charge is 0.408 e. The first-order chi connectivity index (χ1) is 9.74. The molecular formula is C14H19F3N4. The van der Waals surface area contributed by atoms with E-state index in [9.17, 15) is 13.2 Å². The maximum atomic E-state index is 12.3. The highest BCUT2D eigenvalue weighted by Gasteiger charge is 2.28. The number of hydrogen-bond acceptors (Lipinski definition) is 2. The van der Waals surface area contributed by atoms with Crippen LogP contribution in [0.2, 0.25) is 0 Å². The lowest BCUT2D eigenvalue weighted by Gasteiger charge is -2.09. The fraction of sp³-hybridized carbons (Fsp3) is 0.571. The van der Waals surface area contributed by atoms with Gasteiger partial charge in [0.15, 0.2) is 0 Å². The van der Waals surface area contributed by atoms with E-state index in [1.807, 2.05) is 24.0 Å². The molecule has 2 aromatic rings. The quantitative estimate of drug-likeness (QED) is 0.846. The van der Waals surface area contributed by atoms with Crippen LogP contribution in [0.3, 0.4) is 0 Å². The van der Waals surface area contributed by atoms with E-state index >= 15 is 0 Å². The Morgan fingerprint density at radius 1 is 1.00 bits per heavy atom. The number of rotatable bonds is 5. The predicted molar refractivity (Wildman–Crippen MR) is 73.0 cm³/mol. The van der Waals surface area contributed by atoms with E-state index in [1.54, 1.807) is 0 Å². The van der Waals surface area contributed by atoms with E-state index in [4.69, 9.17) is 0 Å². The zero-order chi connectivity index (χ0) is 15.6. The van der Waals surface area contributed by atoms with E-state index in [2.05, 4.69) is 24.0 Å². The first-order valence-corrected chi connectivity index (χ1v) is 6.86. The summed E-state index contributed by atoms with van der Waals surface area (Å²) >= 11 is 0. The fourth-order valence-electron chi connectivity index (χ4n) is 2.07. The van der Waals surface area contributed by atoms with Gasteiger partial charge in [0.25, 0.3) is 0 Å². The molecule has 0 aliphatic rings. The van der Waals surface area contributed by atoms with Gasteiger partial charge in [-0.05, 0) is 17.0 Å². The van der Waals surface area contributed by atoms with Crippen molar-refractivity contribution in [1.82, 2.24) is 19.6 Å². The standard InChI is InChI=1S/C14H19F3N4/c1-10(2)12-4-18-20(7-12)6-11(3)13-5-19-21(8-13)9-14(15,16)17/h4-5,7-8,10-11H,6,9H2,1-3H3. The molecule has 0 saturated heterocycles. The Hall–Kier alpha value is -1.79. The van der Waals surface area contributed by atoms with Crippen LogP contribution in [0.25, 0.3) is 0 Å². The summed E-state index contributed by atoms with van der Waals surface area (Å²) in [5.41, 5.74) is 1.93. The van der Waals surface area contributed by atoms with Gasteiger partial charge in [-0.15, -0.1) is 0 Å². The maximum Gasteiger partial charge on any atom is 0.408 e. The second kappa shape index (κ2) is 5.91. The number of alkyl halides is 3. The smallest absolute Gasteiger partial charge is 0.272 e. The molecule has 21 heavy (non-hydrogen) atoms. The monoisotopic (exact) mass is 300 g/mol. The minimum atomic E-state index is -4.25. The molecular weight excluding hydrogens is 281 g/mol. The number of aromatic nitrogens is 4. The van der Waals surface area contributed by atoms with Crippen LogP contribution in [0.15, 0.2) is 24.8 Å². The van der Waals surface area contributed by atoms with E-state index in [-0.39, 0.29) is 5.92 Å². The molecule has 1 atom stereocenters. The average molecular weight is 300 g/mol. The lowest BCUT2D eigenvalue weighted by molar-refractivity contribution is -0.142. The third-order valence-corrected chi connectivity index (χ3v) is 3.34. The summed E-state index contributed by atoms with van der Waals surface area (Å²) < 4.78 is 39.7. The Morgan fingerprint density at radius 3 is 2.14 bits per heavy atom. The van der Waals surface area contributed by atoms with Gasteiger partial charge in [0, 0.05) is 24.9 Å². The predicted octanol–water partition coefficient (Wildman–Crippen LogP) is 3.57. The molecule has 1 unspecified atom stereocenters. The van der Waals surface area contributed by atoms with Crippen molar-refractivity contribution in [2.45, 2.75) is 51.9 Å². The zero-order valence-corrected chi connectivity index (χ0v) is 12.3. The molecule has 0 aromatic carbocycles. The Labute approximate surface area is 121 Å². The summed E-state index contributed by atoms with van der Waals surface area (Å²) in [6.07, 6.45) is 2.49. The van der Waals surface area contributed by atoms with Gasteiger partial charge >= 0.3 is 6.18 Å². The molecule has 0 aliphatic heterocycles. The Bertz CT molecular complexity index is 583. The SMILES string of the molecule is CC(C)c1cnn(CC(C)c2cnn(CC(F)(F)F)c2)c1. The highest BCUT2D eigenvalue weighted by Crippen LogP contribution is 2.21. The number of hydrogen-bond donors (Lipinski definition) is 0. The van der Waals surface area contributed by atoms with Crippen molar-refractivity contribution in [2.24, 2.45) is 0 Å². The third-order valence-electron chi connectivity index (χ3n) is 3.34. The molecule has 2 aromatic heterocycles. The molecule has 0 amide bonds. The molecule has 4 nitrogen and oxygen atoms in total. The van der Waals surface area contributed by atoms with E-state index < -0.39 is 12.7 Å². The summed E-state index contributed by atoms with van der Waals surface area (Å²) in [7, 11) is 0. The third kappa shape index (κ3) is 4.34. The van der Waals surface area contributed by atoms with Gasteiger partial charge in [0.1, 0.15) is 6.54 Å². The van der Waals surface area contributed by atoms with E-state index in [0.717, 1.165) is 15.8 Å². The van der Waals surface area contributed by atoms with Gasteiger partial charge in [0.2, 0.25) is 0 Å².